The summed E-state index contributed by atoms with van der Waals surface area (Å²) in [5.74, 6) is -0.807. The van der Waals surface area contributed by atoms with E-state index in [-0.39, 0.29) is 64.5 Å². The van der Waals surface area contributed by atoms with Crippen LogP contribution in [0.1, 0.15) is 43.5 Å². The summed E-state index contributed by atoms with van der Waals surface area (Å²) in [5, 5.41) is 38.1. The molecule has 0 bridgehead atoms. The molecule has 8 aromatic rings. The Balaban J connectivity index is 0.979. The molecule has 0 saturated carbocycles. The summed E-state index contributed by atoms with van der Waals surface area (Å²) in [5.41, 5.74) is 18.8. The lowest BCUT2D eigenvalue weighted by atomic mass is 9.95. The average molecular weight is 845 g/mol. The SMILES string of the molecule is CN(C)Cc1ccc(-c2cnc(N)c(-c3nnc(-c4ccc(C(O)Cc5cc(-c6nnc(-c7nc(-c8ccc(C(=O)N(C)C)cc8)cnc7N)o6)ccc5C(=O)O)cc4)o3)n2)cc1. The molecule has 4 aromatic carbocycles. The lowest BCUT2D eigenvalue weighted by Gasteiger charge is -2.14. The van der Waals surface area contributed by atoms with Crippen molar-refractivity contribution in [2.24, 2.45) is 0 Å². The van der Waals surface area contributed by atoms with E-state index in [4.69, 9.17) is 20.3 Å². The number of aromatic nitrogens is 8. The highest BCUT2D eigenvalue weighted by molar-refractivity contribution is 5.94. The summed E-state index contributed by atoms with van der Waals surface area (Å²) in [6.07, 6.45) is 1.92. The second-order valence-electron chi connectivity index (χ2n) is 15.0. The molecule has 1 atom stereocenters. The Morgan fingerprint density at radius 2 is 1.14 bits per heavy atom. The van der Waals surface area contributed by atoms with E-state index in [1.54, 1.807) is 74.9 Å². The Morgan fingerprint density at radius 1 is 0.651 bits per heavy atom. The van der Waals surface area contributed by atoms with Gasteiger partial charge in [-0.2, -0.15) is 0 Å². The van der Waals surface area contributed by atoms with Gasteiger partial charge in [-0.3, -0.25) is 4.79 Å². The third-order valence-corrected chi connectivity index (χ3v) is 9.98. The van der Waals surface area contributed by atoms with Gasteiger partial charge in [0.25, 0.3) is 17.7 Å². The maximum atomic E-state index is 12.3. The first-order valence-corrected chi connectivity index (χ1v) is 19.4. The van der Waals surface area contributed by atoms with E-state index >= 15 is 0 Å². The molecular weight excluding hydrogens is 805 g/mol. The first-order valence-electron chi connectivity index (χ1n) is 19.4. The Morgan fingerprint density at radius 3 is 1.67 bits per heavy atom. The number of nitrogens with zero attached hydrogens (tertiary/aromatic N) is 10. The fourth-order valence-corrected chi connectivity index (χ4v) is 6.73. The number of aliphatic hydroxyl groups is 1. The molecule has 4 heterocycles. The summed E-state index contributed by atoms with van der Waals surface area (Å²) in [6.45, 7) is 0.806. The number of benzene rings is 4. The van der Waals surface area contributed by atoms with Crippen LogP contribution < -0.4 is 11.5 Å². The van der Waals surface area contributed by atoms with Crippen molar-refractivity contribution in [2.75, 3.05) is 39.7 Å². The highest BCUT2D eigenvalue weighted by atomic mass is 16.4. The van der Waals surface area contributed by atoms with Crippen LogP contribution >= 0.6 is 0 Å². The number of carbonyl (C=O) groups is 2. The number of hydrogen-bond acceptors (Lipinski definition) is 16. The molecule has 0 aliphatic carbocycles. The van der Waals surface area contributed by atoms with Gasteiger partial charge < -0.3 is 40.3 Å². The predicted octanol–water partition coefficient (Wildman–Crippen LogP) is 5.94. The zero-order valence-electron chi connectivity index (χ0n) is 34.5. The fourth-order valence-electron chi connectivity index (χ4n) is 6.73. The standard InChI is InChI=1S/C45H40N12O6/c1-56(2)23-24-5-7-25(8-6-24)33-21-48-38(46)36(50-33)42-54-52-40(62-42)28-13-11-27(12-14-28)35(58)20-31-19-30(17-18-32(31)45(60)61)41-53-55-43(63-41)37-39(47)49-22-34(51-37)26-9-15-29(16-10-26)44(59)57(3)4/h5-19,21-22,35,58H,20,23H2,1-4H3,(H2,46,48)(H2,47,49)(H,60,61). The number of aromatic carboxylic acids is 1. The van der Waals surface area contributed by atoms with E-state index in [0.29, 0.717) is 44.8 Å². The summed E-state index contributed by atoms with van der Waals surface area (Å²) < 4.78 is 12.0. The lowest BCUT2D eigenvalue weighted by molar-refractivity contribution is 0.0694. The number of amides is 1. The van der Waals surface area contributed by atoms with Crippen molar-refractivity contribution in [3.63, 3.8) is 0 Å². The van der Waals surface area contributed by atoms with Crippen LogP contribution in [0, 0.1) is 0 Å². The van der Waals surface area contributed by atoms with Crippen molar-refractivity contribution in [1.29, 1.82) is 0 Å². The average Bonchev–Trinajstić information content (AvgIpc) is 3.98. The lowest BCUT2D eigenvalue weighted by Crippen LogP contribution is -2.21. The molecule has 0 spiro atoms. The maximum absolute atomic E-state index is 12.3. The van der Waals surface area contributed by atoms with Crippen molar-refractivity contribution in [1.82, 2.24) is 50.1 Å². The molecule has 4 aromatic heterocycles. The number of carboxylic acid groups (broad SMARTS) is 1. The molecule has 1 unspecified atom stereocenters. The Kier molecular flexibility index (Phi) is 11.5. The molecule has 1 amide bonds. The Labute approximate surface area is 360 Å². The van der Waals surface area contributed by atoms with Crippen LogP contribution in [-0.2, 0) is 13.0 Å². The molecule has 18 heteroatoms. The molecular formula is C45H40N12O6. The topological polar surface area (TPSA) is 263 Å². The van der Waals surface area contributed by atoms with Gasteiger partial charge in [-0.1, -0.05) is 48.5 Å². The number of carboxylic acids is 1. The highest BCUT2D eigenvalue weighted by Gasteiger charge is 2.22. The monoisotopic (exact) mass is 844 g/mol. The van der Waals surface area contributed by atoms with Gasteiger partial charge in [-0.05, 0) is 73.3 Å². The zero-order chi connectivity index (χ0) is 44.4. The molecule has 6 N–H and O–H groups in total. The van der Waals surface area contributed by atoms with Gasteiger partial charge in [-0.15, -0.1) is 20.4 Å². The minimum absolute atomic E-state index is 0.0126. The first-order chi connectivity index (χ1) is 30.3. The van der Waals surface area contributed by atoms with Crippen molar-refractivity contribution >= 4 is 23.5 Å². The number of hydrogen-bond donors (Lipinski definition) is 4. The van der Waals surface area contributed by atoms with E-state index in [1.165, 1.54) is 23.2 Å². The van der Waals surface area contributed by atoms with Crippen molar-refractivity contribution < 1.29 is 28.6 Å². The molecule has 0 radical (unpaired) electrons. The minimum Gasteiger partial charge on any atom is -0.478 e. The van der Waals surface area contributed by atoms with Crippen LogP contribution in [0.4, 0.5) is 11.6 Å². The van der Waals surface area contributed by atoms with Gasteiger partial charge in [0.1, 0.15) is 0 Å². The molecule has 18 nitrogen and oxygen atoms in total. The van der Waals surface area contributed by atoms with E-state index in [9.17, 15) is 19.8 Å². The molecule has 8 rings (SSSR count). The minimum atomic E-state index is -1.18. The number of anilines is 2. The maximum Gasteiger partial charge on any atom is 0.335 e. The molecule has 0 aliphatic heterocycles. The first kappa shape index (κ1) is 41.5. The second-order valence-corrected chi connectivity index (χ2v) is 15.0. The van der Waals surface area contributed by atoms with Gasteiger partial charge >= 0.3 is 5.97 Å². The van der Waals surface area contributed by atoms with E-state index in [0.717, 1.165) is 17.7 Å². The Hall–Kier alpha value is -8.22. The quantitative estimate of drug-likeness (QED) is 0.105. The largest absolute Gasteiger partial charge is 0.478 e. The summed E-state index contributed by atoms with van der Waals surface area (Å²) >= 11 is 0. The van der Waals surface area contributed by atoms with Crippen molar-refractivity contribution in [3.05, 3.63) is 131 Å². The van der Waals surface area contributed by atoms with Crippen molar-refractivity contribution in [3.8, 4) is 68.6 Å². The number of nitrogen functional groups attached to an aromatic ring is 2. The third kappa shape index (κ3) is 8.97. The molecule has 316 valence electrons. The summed E-state index contributed by atoms with van der Waals surface area (Å²) in [7, 11) is 7.37. The summed E-state index contributed by atoms with van der Waals surface area (Å²) in [6, 6.07) is 26.2. The van der Waals surface area contributed by atoms with Crippen LogP contribution in [0.15, 0.2) is 112 Å². The van der Waals surface area contributed by atoms with Gasteiger partial charge in [0.2, 0.25) is 11.8 Å². The number of aliphatic hydroxyl groups excluding tert-OH is 1. The molecule has 0 saturated heterocycles. The van der Waals surface area contributed by atoms with Gasteiger partial charge in [0.15, 0.2) is 23.0 Å². The van der Waals surface area contributed by atoms with E-state index in [1.807, 2.05) is 38.4 Å². The van der Waals surface area contributed by atoms with Crippen LogP contribution in [0.3, 0.4) is 0 Å². The second kappa shape index (κ2) is 17.4. The predicted molar refractivity (Wildman–Crippen MR) is 232 cm³/mol. The van der Waals surface area contributed by atoms with Crippen LogP contribution in [0.25, 0.3) is 68.6 Å². The molecule has 63 heavy (non-hydrogen) atoms. The number of carbonyl (C=O) groups excluding carboxylic acids is 1. The normalized spacial score (nSPS) is 11.8. The van der Waals surface area contributed by atoms with Gasteiger partial charge in [-0.25, -0.2) is 24.7 Å². The highest BCUT2D eigenvalue weighted by Crippen LogP contribution is 2.32. The molecule has 0 aliphatic rings. The van der Waals surface area contributed by atoms with E-state index < -0.39 is 12.1 Å². The van der Waals surface area contributed by atoms with Crippen LogP contribution in [0.2, 0.25) is 0 Å². The third-order valence-electron chi connectivity index (χ3n) is 9.98. The number of rotatable bonds is 13. The van der Waals surface area contributed by atoms with E-state index in [2.05, 4.69) is 45.2 Å². The molecule has 0 fully saturated rings. The number of nitrogens with two attached hydrogens (primary N) is 2. The van der Waals surface area contributed by atoms with Gasteiger partial charge in [0.05, 0.1) is 35.4 Å². The smallest absolute Gasteiger partial charge is 0.335 e. The van der Waals surface area contributed by atoms with Gasteiger partial charge in [0, 0.05) is 54.9 Å². The zero-order valence-corrected chi connectivity index (χ0v) is 34.5. The van der Waals surface area contributed by atoms with Crippen molar-refractivity contribution in [2.45, 2.75) is 19.1 Å². The fraction of sp³-hybridized carbons (Fsp3) is 0.156. The van der Waals surface area contributed by atoms with Crippen LogP contribution in [-0.4, -0.2) is 100 Å². The Bertz CT molecular complexity index is 2950. The summed E-state index contributed by atoms with van der Waals surface area (Å²) in [4.78, 5) is 46.1. The van der Waals surface area contributed by atoms with Crippen LogP contribution in [0.5, 0.6) is 0 Å².